The molecule has 0 spiro atoms. The van der Waals surface area contributed by atoms with Crippen LogP contribution in [-0.4, -0.2) is 11.0 Å². The Balaban J connectivity index is 2.28. The van der Waals surface area contributed by atoms with Crippen LogP contribution in [0, 0.1) is 6.92 Å². The Morgan fingerprint density at radius 2 is 1.85 bits per heavy atom. The number of hydrogen-bond donors (Lipinski definition) is 1. The Labute approximate surface area is 119 Å². The molecule has 0 amide bonds. The molecule has 0 fully saturated rings. The molecule has 0 radical (unpaired) electrons. The molecule has 1 aromatic carbocycles. The van der Waals surface area contributed by atoms with Crippen LogP contribution in [-0.2, 0) is 12.6 Å². The zero-order valence-electron chi connectivity index (χ0n) is 11.2. The highest BCUT2D eigenvalue weighted by Gasteiger charge is 2.30. The molecule has 2 rings (SSSR count). The minimum atomic E-state index is -4.31. The molecule has 2 N–H and O–H groups in total. The molecule has 0 bridgehead atoms. The fourth-order valence-corrected chi connectivity index (χ4v) is 3.04. The molecule has 0 saturated carbocycles. The van der Waals surface area contributed by atoms with Crippen molar-refractivity contribution in [3.8, 4) is 10.6 Å². The van der Waals surface area contributed by atoms with Crippen molar-refractivity contribution >= 4 is 11.3 Å². The van der Waals surface area contributed by atoms with E-state index in [1.165, 1.54) is 23.5 Å². The first-order chi connectivity index (χ1) is 9.27. The van der Waals surface area contributed by atoms with E-state index < -0.39 is 11.7 Å². The molecule has 108 valence electrons. The summed E-state index contributed by atoms with van der Waals surface area (Å²) in [4.78, 5) is 5.49. The van der Waals surface area contributed by atoms with Crippen molar-refractivity contribution in [2.24, 2.45) is 5.73 Å². The second-order valence-corrected chi connectivity index (χ2v) is 5.87. The fraction of sp³-hybridized carbons (Fsp3) is 0.357. The highest BCUT2D eigenvalue weighted by atomic mass is 32.1. The molecule has 0 aliphatic heterocycles. The lowest BCUT2D eigenvalue weighted by molar-refractivity contribution is -0.137. The molecule has 1 aromatic heterocycles. The number of nitrogens with two attached hydrogens (primary N) is 1. The topological polar surface area (TPSA) is 38.9 Å². The standard InChI is InChI=1S/C14H15F3N2S/c1-8(18)7-12-9(2)19-13(20-12)10-3-5-11(6-4-10)14(15,16)17/h3-6,8H,7,18H2,1-2H3. The molecular weight excluding hydrogens is 285 g/mol. The molecule has 0 aliphatic rings. The predicted molar refractivity (Wildman–Crippen MR) is 74.6 cm³/mol. The Hall–Kier alpha value is -1.40. The quantitative estimate of drug-likeness (QED) is 0.929. The SMILES string of the molecule is Cc1nc(-c2ccc(C(F)(F)F)cc2)sc1CC(C)N. The van der Waals surface area contributed by atoms with Crippen LogP contribution in [0.5, 0.6) is 0 Å². The van der Waals surface area contributed by atoms with Crippen LogP contribution in [0.4, 0.5) is 13.2 Å². The van der Waals surface area contributed by atoms with Gasteiger partial charge in [0.05, 0.1) is 11.3 Å². The maximum atomic E-state index is 12.5. The van der Waals surface area contributed by atoms with Crippen molar-refractivity contribution in [1.82, 2.24) is 4.98 Å². The van der Waals surface area contributed by atoms with Gasteiger partial charge in [0, 0.05) is 16.5 Å². The molecule has 6 heteroatoms. The van der Waals surface area contributed by atoms with Crippen molar-refractivity contribution < 1.29 is 13.2 Å². The molecule has 0 saturated heterocycles. The van der Waals surface area contributed by atoms with Gasteiger partial charge in [-0.25, -0.2) is 4.98 Å². The van der Waals surface area contributed by atoms with E-state index in [-0.39, 0.29) is 6.04 Å². The number of aryl methyl sites for hydroxylation is 1. The van der Waals surface area contributed by atoms with Gasteiger partial charge in [0.25, 0.3) is 0 Å². The van der Waals surface area contributed by atoms with Crippen LogP contribution < -0.4 is 5.73 Å². The van der Waals surface area contributed by atoms with Crippen LogP contribution in [0.1, 0.15) is 23.1 Å². The number of thiazole rings is 1. The van der Waals surface area contributed by atoms with Gasteiger partial charge < -0.3 is 5.73 Å². The Morgan fingerprint density at radius 3 is 2.35 bits per heavy atom. The summed E-state index contributed by atoms with van der Waals surface area (Å²) in [6.45, 7) is 3.80. The molecule has 2 nitrogen and oxygen atoms in total. The third-order valence-corrected chi connectivity index (χ3v) is 4.09. The van der Waals surface area contributed by atoms with Crippen LogP contribution in [0.15, 0.2) is 24.3 Å². The van der Waals surface area contributed by atoms with Crippen molar-refractivity contribution in [2.45, 2.75) is 32.5 Å². The number of benzene rings is 1. The summed E-state index contributed by atoms with van der Waals surface area (Å²) in [5.74, 6) is 0. The summed E-state index contributed by atoms with van der Waals surface area (Å²) < 4.78 is 37.5. The average Bonchev–Trinajstić information content (AvgIpc) is 2.69. The van der Waals surface area contributed by atoms with Crippen LogP contribution in [0.25, 0.3) is 10.6 Å². The summed E-state index contributed by atoms with van der Waals surface area (Å²) in [5, 5.41) is 0.729. The number of aromatic nitrogens is 1. The third kappa shape index (κ3) is 3.37. The van der Waals surface area contributed by atoms with Crippen molar-refractivity contribution in [3.05, 3.63) is 40.4 Å². The van der Waals surface area contributed by atoms with E-state index in [0.717, 1.165) is 34.1 Å². The van der Waals surface area contributed by atoms with Gasteiger partial charge in [0.1, 0.15) is 5.01 Å². The summed E-state index contributed by atoms with van der Waals surface area (Å²) in [6, 6.07) is 5.11. The van der Waals surface area contributed by atoms with Gasteiger partial charge in [0.15, 0.2) is 0 Å². The van der Waals surface area contributed by atoms with Gasteiger partial charge in [-0.2, -0.15) is 13.2 Å². The lowest BCUT2D eigenvalue weighted by Gasteiger charge is -2.06. The van der Waals surface area contributed by atoms with Gasteiger partial charge in [-0.05, 0) is 32.4 Å². The average molecular weight is 300 g/mol. The largest absolute Gasteiger partial charge is 0.416 e. The van der Waals surface area contributed by atoms with E-state index in [2.05, 4.69) is 4.98 Å². The first-order valence-corrected chi connectivity index (χ1v) is 6.98. The highest BCUT2D eigenvalue weighted by Crippen LogP contribution is 2.33. The highest BCUT2D eigenvalue weighted by molar-refractivity contribution is 7.15. The van der Waals surface area contributed by atoms with Gasteiger partial charge in [-0.3, -0.25) is 0 Å². The molecule has 20 heavy (non-hydrogen) atoms. The van der Waals surface area contributed by atoms with Gasteiger partial charge >= 0.3 is 6.18 Å². The summed E-state index contributed by atoms with van der Waals surface area (Å²) in [7, 11) is 0. The maximum absolute atomic E-state index is 12.5. The number of rotatable bonds is 3. The summed E-state index contributed by atoms with van der Waals surface area (Å²) in [6.07, 6.45) is -3.58. The van der Waals surface area contributed by atoms with Gasteiger partial charge in [0.2, 0.25) is 0 Å². The first-order valence-electron chi connectivity index (χ1n) is 6.17. The van der Waals surface area contributed by atoms with Crippen molar-refractivity contribution in [3.63, 3.8) is 0 Å². The molecule has 0 aliphatic carbocycles. The molecule has 2 aromatic rings. The van der Waals surface area contributed by atoms with Gasteiger partial charge in [-0.15, -0.1) is 11.3 Å². The number of halogens is 3. The molecule has 1 heterocycles. The normalized spacial score (nSPS) is 13.5. The lowest BCUT2D eigenvalue weighted by atomic mass is 10.1. The molecule has 1 unspecified atom stereocenters. The summed E-state index contributed by atoms with van der Waals surface area (Å²) in [5.41, 5.74) is 6.70. The van der Waals surface area contributed by atoms with E-state index in [9.17, 15) is 13.2 Å². The Morgan fingerprint density at radius 1 is 1.25 bits per heavy atom. The Kier molecular flexibility index (Phi) is 4.15. The van der Waals surface area contributed by atoms with E-state index in [1.807, 2.05) is 13.8 Å². The third-order valence-electron chi connectivity index (χ3n) is 2.86. The number of nitrogens with zero attached hydrogens (tertiary/aromatic N) is 1. The second-order valence-electron chi connectivity index (χ2n) is 4.78. The fourth-order valence-electron chi connectivity index (χ4n) is 1.84. The predicted octanol–water partition coefficient (Wildman–Crippen LogP) is 4.03. The minimum absolute atomic E-state index is 0.0367. The van der Waals surface area contributed by atoms with E-state index in [1.54, 1.807) is 0 Å². The number of alkyl halides is 3. The number of hydrogen-bond acceptors (Lipinski definition) is 3. The maximum Gasteiger partial charge on any atom is 0.416 e. The van der Waals surface area contributed by atoms with E-state index >= 15 is 0 Å². The first kappa shape index (κ1) is 15.0. The van der Waals surface area contributed by atoms with Crippen LogP contribution in [0.3, 0.4) is 0 Å². The minimum Gasteiger partial charge on any atom is -0.328 e. The van der Waals surface area contributed by atoms with E-state index in [0.29, 0.717) is 5.56 Å². The summed E-state index contributed by atoms with van der Waals surface area (Å²) >= 11 is 1.48. The van der Waals surface area contributed by atoms with Crippen molar-refractivity contribution in [2.75, 3.05) is 0 Å². The smallest absolute Gasteiger partial charge is 0.328 e. The second kappa shape index (κ2) is 5.54. The molecular formula is C14H15F3N2S. The van der Waals surface area contributed by atoms with Gasteiger partial charge in [-0.1, -0.05) is 12.1 Å². The zero-order chi connectivity index (χ0) is 14.9. The lowest BCUT2D eigenvalue weighted by Crippen LogP contribution is -2.17. The monoisotopic (exact) mass is 300 g/mol. The van der Waals surface area contributed by atoms with Crippen LogP contribution >= 0.6 is 11.3 Å². The van der Waals surface area contributed by atoms with E-state index in [4.69, 9.17) is 5.73 Å². The molecule has 1 atom stereocenters. The van der Waals surface area contributed by atoms with Crippen molar-refractivity contribution in [1.29, 1.82) is 0 Å². The Bertz CT molecular complexity index is 585. The van der Waals surface area contributed by atoms with Crippen LogP contribution in [0.2, 0.25) is 0 Å². The zero-order valence-corrected chi connectivity index (χ0v) is 12.0.